The molecule has 0 spiro atoms. The topological polar surface area (TPSA) is 78.9 Å². The van der Waals surface area contributed by atoms with Gasteiger partial charge in [0.05, 0.1) is 12.0 Å². The first-order chi connectivity index (χ1) is 9.86. The third-order valence-electron chi connectivity index (χ3n) is 4.11. The first-order valence-corrected chi connectivity index (χ1v) is 7.63. The molecule has 0 saturated heterocycles. The van der Waals surface area contributed by atoms with Crippen molar-refractivity contribution in [2.45, 2.75) is 53.0 Å². The van der Waals surface area contributed by atoms with Crippen molar-refractivity contribution >= 4 is 12.0 Å². The molecule has 2 amide bonds. The lowest BCUT2D eigenvalue weighted by Crippen LogP contribution is -2.50. The van der Waals surface area contributed by atoms with Crippen LogP contribution in [-0.4, -0.2) is 54.9 Å². The third kappa shape index (κ3) is 5.91. The molecule has 0 fully saturated rings. The van der Waals surface area contributed by atoms with E-state index in [1.165, 1.54) is 0 Å². The van der Waals surface area contributed by atoms with Crippen molar-refractivity contribution in [3.8, 4) is 0 Å². The van der Waals surface area contributed by atoms with Crippen LogP contribution in [0.1, 0.15) is 47.0 Å². The molecule has 0 radical (unpaired) electrons. The number of ether oxygens (including phenoxy) is 1. The zero-order valence-corrected chi connectivity index (χ0v) is 13.9. The Hall–Kier alpha value is -1.30. The maximum Gasteiger partial charge on any atom is 0.317 e. The summed E-state index contributed by atoms with van der Waals surface area (Å²) in [5.74, 6) is -0.892. The molecular formula is C15H30N2O4. The van der Waals surface area contributed by atoms with Crippen LogP contribution in [0, 0.1) is 5.41 Å². The van der Waals surface area contributed by atoms with Crippen LogP contribution < -0.4 is 5.32 Å². The normalized spacial score (nSPS) is 13.8. The van der Waals surface area contributed by atoms with Gasteiger partial charge in [-0.25, -0.2) is 4.79 Å². The van der Waals surface area contributed by atoms with Crippen LogP contribution in [0.2, 0.25) is 0 Å². The Balaban J connectivity index is 4.77. The number of methoxy groups -OCH3 is 1. The van der Waals surface area contributed by atoms with Gasteiger partial charge in [0, 0.05) is 26.2 Å². The summed E-state index contributed by atoms with van der Waals surface area (Å²) in [6, 6.07) is -0.0838. The molecule has 0 rings (SSSR count). The summed E-state index contributed by atoms with van der Waals surface area (Å²) in [7, 11) is 1.60. The number of hydrogen-bond donors (Lipinski definition) is 2. The van der Waals surface area contributed by atoms with Gasteiger partial charge in [-0.15, -0.1) is 0 Å². The smallest absolute Gasteiger partial charge is 0.317 e. The summed E-state index contributed by atoms with van der Waals surface area (Å²) in [6.45, 7) is 8.62. The minimum Gasteiger partial charge on any atom is -0.481 e. The van der Waals surface area contributed by atoms with Crippen LogP contribution in [-0.2, 0) is 9.53 Å². The molecule has 6 heteroatoms. The van der Waals surface area contributed by atoms with Gasteiger partial charge in [-0.1, -0.05) is 20.8 Å². The highest BCUT2D eigenvalue weighted by Crippen LogP contribution is 2.20. The third-order valence-corrected chi connectivity index (χ3v) is 4.11. The van der Waals surface area contributed by atoms with Crippen LogP contribution in [0.5, 0.6) is 0 Å². The Kier molecular flexibility index (Phi) is 9.01. The molecule has 0 bridgehead atoms. The van der Waals surface area contributed by atoms with Crippen molar-refractivity contribution in [1.29, 1.82) is 0 Å². The number of amides is 2. The van der Waals surface area contributed by atoms with Crippen molar-refractivity contribution in [2.75, 3.05) is 26.8 Å². The van der Waals surface area contributed by atoms with Gasteiger partial charge >= 0.3 is 12.0 Å². The van der Waals surface area contributed by atoms with Gasteiger partial charge < -0.3 is 20.1 Å². The molecule has 0 aromatic heterocycles. The zero-order valence-electron chi connectivity index (χ0n) is 13.9. The highest BCUT2D eigenvalue weighted by molar-refractivity contribution is 5.78. The van der Waals surface area contributed by atoms with E-state index >= 15 is 0 Å². The standard InChI is InChI=1S/C15H30N2O4/c1-6-12(7-2)17(9-10-21-5)14(20)16-11-15(4,8-3)13(18)19/h12H,6-11H2,1-5H3,(H,16,20)(H,18,19). The molecule has 0 aromatic carbocycles. The summed E-state index contributed by atoms with van der Waals surface area (Å²) >= 11 is 0. The van der Waals surface area contributed by atoms with E-state index < -0.39 is 11.4 Å². The van der Waals surface area contributed by atoms with Crippen LogP contribution in [0.3, 0.4) is 0 Å². The number of carboxylic acid groups (broad SMARTS) is 1. The number of rotatable bonds is 10. The molecule has 0 heterocycles. The number of nitrogens with one attached hydrogen (secondary N) is 1. The Morgan fingerprint density at radius 2 is 1.86 bits per heavy atom. The Morgan fingerprint density at radius 1 is 1.29 bits per heavy atom. The Labute approximate surface area is 127 Å². The molecule has 6 nitrogen and oxygen atoms in total. The fourth-order valence-corrected chi connectivity index (χ4v) is 2.09. The van der Waals surface area contributed by atoms with Gasteiger partial charge in [-0.05, 0) is 26.2 Å². The van der Waals surface area contributed by atoms with E-state index in [4.69, 9.17) is 4.74 Å². The first kappa shape index (κ1) is 19.7. The molecule has 0 aromatic rings. The van der Waals surface area contributed by atoms with Gasteiger partial charge in [-0.3, -0.25) is 4.79 Å². The van der Waals surface area contributed by atoms with Crippen molar-refractivity contribution in [2.24, 2.45) is 5.41 Å². The molecule has 0 aliphatic heterocycles. The lowest BCUT2D eigenvalue weighted by atomic mass is 9.88. The number of hydrogen-bond acceptors (Lipinski definition) is 3. The monoisotopic (exact) mass is 302 g/mol. The number of urea groups is 1. The van der Waals surface area contributed by atoms with E-state index in [1.54, 1.807) is 18.9 Å². The summed E-state index contributed by atoms with van der Waals surface area (Å²) in [5, 5.41) is 12.0. The van der Waals surface area contributed by atoms with Gasteiger partial charge in [0.25, 0.3) is 0 Å². The van der Waals surface area contributed by atoms with E-state index in [0.717, 1.165) is 12.8 Å². The molecular weight excluding hydrogens is 272 g/mol. The second-order valence-corrected chi connectivity index (χ2v) is 5.53. The highest BCUT2D eigenvalue weighted by Gasteiger charge is 2.32. The molecule has 0 aliphatic rings. The van der Waals surface area contributed by atoms with Crippen LogP contribution in [0.25, 0.3) is 0 Å². The summed E-state index contributed by atoms with van der Waals surface area (Å²) in [4.78, 5) is 25.4. The van der Waals surface area contributed by atoms with Crippen molar-refractivity contribution in [3.63, 3.8) is 0 Å². The molecule has 0 aliphatic carbocycles. The van der Waals surface area contributed by atoms with Crippen LogP contribution in [0.15, 0.2) is 0 Å². The van der Waals surface area contributed by atoms with Gasteiger partial charge in [0.2, 0.25) is 0 Å². The second kappa shape index (κ2) is 9.60. The largest absolute Gasteiger partial charge is 0.481 e. The van der Waals surface area contributed by atoms with Gasteiger partial charge in [0.15, 0.2) is 0 Å². The van der Waals surface area contributed by atoms with E-state index in [9.17, 15) is 14.7 Å². The molecule has 1 atom stereocenters. The maximum atomic E-state index is 12.4. The predicted molar refractivity (Wildman–Crippen MR) is 82.4 cm³/mol. The SMILES string of the molecule is CCC(CC)N(CCOC)C(=O)NCC(C)(CC)C(=O)O. The fourth-order valence-electron chi connectivity index (χ4n) is 2.09. The van der Waals surface area contributed by atoms with E-state index in [2.05, 4.69) is 5.32 Å². The lowest BCUT2D eigenvalue weighted by Gasteiger charge is -2.32. The number of carbonyl (C=O) groups excluding carboxylic acids is 1. The Bertz CT molecular complexity index is 332. The van der Waals surface area contributed by atoms with Crippen LogP contribution in [0.4, 0.5) is 4.79 Å². The number of carbonyl (C=O) groups is 2. The second-order valence-electron chi connectivity index (χ2n) is 5.53. The summed E-state index contributed by atoms with van der Waals surface area (Å²) < 4.78 is 5.05. The zero-order chi connectivity index (χ0) is 16.5. The average molecular weight is 302 g/mol. The number of nitrogens with zero attached hydrogens (tertiary/aromatic N) is 1. The number of carboxylic acids is 1. The Morgan fingerprint density at radius 3 is 2.24 bits per heavy atom. The van der Waals surface area contributed by atoms with Crippen molar-refractivity contribution in [1.82, 2.24) is 10.2 Å². The van der Waals surface area contributed by atoms with E-state index in [1.807, 2.05) is 20.8 Å². The van der Waals surface area contributed by atoms with E-state index in [-0.39, 0.29) is 18.6 Å². The highest BCUT2D eigenvalue weighted by atomic mass is 16.5. The molecule has 2 N–H and O–H groups in total. The quantitative estimate of drug-likeness (QED) is 0.649. The van der Waals surface area contributed by atoms with Crippen molar-refractivity contribution < 1.29 is 19.4 Å². The fraction of sp³-hybridized carbons (Fsp3) is 0.867. The molecule has 124 valence electrons. The number of aliphatic carboxylic acids is 1. The minimum atomic E-state index is -0.934. The predicted octanol–water partition coefficient (Wildman–Crippen LogP) is 2.33. The maximum absolute atomic E-state index is 12.4. The first-order valence-electron chi connectivity index (χ1n) is 7.63. The minimum absolute atomic E-state index is 0.126. The molecule has 21 heavy (non-hydrogen) atoms. The van der Waals surface area contributed by atoms with Gasteiger partial charge in [0.1, 0.15) is 0 Å². The molecule has 1 unspecified atom stereocenters. The van der Waals surface area contributed by atoms with E-state index in [0.29, 0.717) is 19.6 Å². The van der Waals surface area contributed by atoms with Crippen molar-refractivity contribution in [3.05, 3.63) is 0 Å². The lowest BCUT2D eigenvalue weighted by molar-refractivity contribution is -0.147. The molecule has 0 saturated carbocycles. The van der Waals surface area contributed by atoms with Gasteiger partial charge in [-0.2, -0.15) is 0 Å². The summed E-state index contributed by atoms with van der Waals surface area (Å²) in [5.41, 5.74) is -0.934. The van der Waals surface area contributed by atoms with Crippen LogP contribution >= 0.6 is 0 Å². The average Bonchev–Trinajstić information content (AvgIpc) is 2.48. The summed E-state index contributed by atoms with van der Waals surface area (Å²) in [6.07, 6.45) is 2.18.